The molecule has 2 aliphatic rings. The molecular weight excluding hydrogens is 409 g/mol. The standard InChI is InChI=1S/C24H28FN5O2/c1-15-11-17(25)6-7-19(15)24(32)29-9-4-3-5-21(29)20-12-22-26-23(16(2)13-30(22)27-20)28-10-8-18(31)14-28/h6-7,11-13,18,21,31H,3-5,8-10,14H2,1-2H3/t18-,21+/m1/s1. The van der Waals surface area contributed by atoms with Crippen LogP contribution < -0.4 is 4.90 Å². The Kier molecular flexibility index (Phi) is 5.33. The van der Waals surface area contributed by atoms with E-state index in [1.54, 1.807) is 17.5 Å². The number of carbonyl (C=O) groups is 1. The molecule has 2 aromatic heterocycles. The highest BCUT2D eigenvalue weighted by Gasteiger charge is 2.32. The highest BCUT2D eigenvalue weighted by molar-refractivity contribution is 5.96. The number of hydrogen-bond acceptors (Lipinski definition) is 5. The Balaban J connectivity index is 1.47. The summed E-state index contributed by atoms with van der Waals surface area (Å²) >= 11 is 0. The van der Waals surface area contributed by atoms with Crippen molar-refractivity contribution in [3.8, 4) is 0 Å². The summed E-state index contributed by atoms with van der Waals surface area (Å²) in [4.78, 5) is 22.2. The third-order valence-corrected chi connectivity index (χ3v) is 6.61. The molecule has 1 aromatic carbocycles. The Hall–Kier alpha value is -3.00. The number of carbonyl (C=O) groups excluding carboxylic acids is 1. The quantitative estimate of drug-likeness (QED) is 0.680. The second kappa shape index (κ2) is 8.16. The zero-order valence-electron chi connectivity index (χ0n) is 18.5. The van der Waals surface area contributed by atoms with E-state index >= 15 is 0 Å². The lowest BCUT2D eigenvalue weighted by Gasteiger charge is -2.35. The fourth-order valence-electron chi connectivity index (χ4n) is 4.94. The average Bonchev–Trinajstić information content (AvgIpc) is 3.38. The van der Waals surface area contributed by atoms with Gasteiger partial charge in [-0.2, -0.15) is 5.10 Å². The van der Waals surface area contributed by atoms with Gasteiger partial charge < -0.3 is 14.9 Å². The third-order valence-electron chi connectivity index (χ3n) is 6.61. The largest absolute Gasteiger partial charge is 0.391 e. The van der Waals surface area contributed by atoms with Gasteiger partial charge in [0.15, 0.2) is 5.65 Å². The Morgan fingerprint density at radius 2 is 1.97 bits per heavy atom. The van der Waals surface area contributed by atoms with Crippen LogP contribution in [0.3, 0.4) is 0 Å². The van der Waals surface area contributed by atoms with Crippen LogP contribution in [0.2, 0.25) is 0 Å². The van der Waals surface area contributed by atoms with Crippen molar-refractivity contribution in [2.24, 2.45) is 0 Å². The van der Waals surface area contributed by atoms with E-state index in [1.807, 2.05) is 24.1 Å². The number of aliphatic hydroxyl groups is 1. The van der Waals surface area contributed by atoms with Crippen molar-refractivity contribution in [1.82, 2.24) is 19.5 Å². The molecule has 0 saturated carbocycles. The van der Waals surface area contributed by atoms with Crippen LogP contribution in [-0.2, 0) is 0 Å². The van der Waals surface area contributed by atoms with Gasteiger partial charge in [-0.15, -0.1) is 0 Å². The zero-order chi connectivity index (χ0) is 22.4. The van der Waals surface area contributed by atoms with Crippen LogP contribution in [0.15, 0.2) is 30.5 Å². The van der Waals surface area contributed by atoms with Crippen molar-refractivity contribution in [3.63, 3.8) is 0 Å². The van der Waals surface area contributed by atoms with Gasteiger partial charge in [-0.05, 0) is 63.3 Å². The van der Waals surface area contributed by atoms with Crippen LogP contribution in [0, 0.1) is 19.7 Å². The second-order valence-electron chi connectivity index (χ2n) is 8.98. The summed E-state index contributed by atoms with van der Waals surface area (Å²) < 4.78 is 15.3. The molecule has 0 unspecified atom stereocenters. The van der Waals surface area contributed by atoms with Crippen molar-refractivity contribution in [3.05, 3.63) is 58.7 Å². The maximum Gasteiger partial charge on any atom is 0.254 e. The molecule has 32 heavy (non-hydrogen) atoms. The number of piperidine rings is 1. The van der Waals surface area contributed by atoms with Gasteiger partial charge in [0.2, 0.25) is 0 Å². The number of fused-ring (bicyclic) bond motifs is 1. The van der Waals surface area contributed by atoms with Crippen molar-refractivity contribution in [1.29, 1.82) is 0 Å². The first kappa shape index (κ1) is 20.9. The SMILES string of the molecule is Cc1cc(F)ccc1C(=O)N1CCCC[C@H]1c1cc2nc(N3CC[C@@H](O)C3)c(C)cn2n1. The number of halogens is 1. The minimum atomic E-state index is -0.336. The van der Waals surface area contributed by atoms with E-state index < -0.39 is 0 Å². The molecular formula is C24H28FN5O2. The number of aliphatic hydroxyl groups excluding tert-OH is 1. The number of amides is 1. The lowest BCUT2D eigenvalue weighted by atomic mass is 9.97. The van der Waals surface area contributed by atoms with Gasteiger partial charge in [0.25, 0.3) is 5.91 Å². The van der Waals surface area contributed by atoms with Gasteiger partial charge >= 0.3 is 0 Å². The highest BCUT2D eigenvalue weighted by atomic mass is 19.1. The topological polar surface area (TPSA) is 74.0 Å². The molecule has 3 aromatic rings. The number of benzene rings is 1. The summed E-state index contributed by atoms with van der Waals surface area (Å²) in [6, 6.07) is 6.14. The van der Waals surface area contributed by atoms with Crippen molar-refractivity contribution in [2.75, 3.05) is 24.5 Å². The first-order chi connectivity index (χ1) is 15.4. The predicted octanol–water partition coefficient (Wildman–Crippen LogP) is 3.42. The molecule has 8 heteroatoms. The summed E-state index contributed by atoms with van der Waals surface area (Å²) in [7, 11) is 0. The number of β-amino-alcohol motifs (C(OH)–C–C–N with tert-alkyl or cyclic N) is 1. The minimum Gasteiger partial charge on any atom is -0.391 e. The van der Waals surface area contributed by atoms with Gasteiger partial charge in [-0.3, -0.25) is 4.79 Å². The van der Waals surface area contributed by atoms with Crippen LogP contribution in [0.5, 0.6) is 0 Å². The first-order valence-electron chi connectivity index (χ1n) is 11.3. The van der Waals surface area contributed by atoms with Crippen molar-refractivity contribution in [2.45, 2.75) is 51.7 Å². The van der Waals surface area contributed by atoms with E-state index in [4.69, 9.17) is 10.1 Å². The fourth-order valence-corrected chi connectivity index (χ4v) is 4.94. The van der Waals surface area contributed by atoms with E-state index in [1.165, 1.54) is 12.1 Å². The highest BCUT2D eigenvalue weighted by Crippen LogP contribution is 2.33. The molecule has 2 saturated heterocycles. The van der Waals surface area contributed by atoms with Crippen molar-refractivity contribution < 1.29 is 14.3 Å². The van der Waals surface area contributed by atoms with E-state index in [2.05, 4.69) is 4.90 Å². The molecule has 2 atom stereocenters. The number of nitrogens with zero attached hydrogens (tertiary/aromatic N) is 5. The van der Waals surface area contributed by atoms with E-state index in [-0.39, 0.29) is 23.9 Å². The maximum absolute atomic E-state index is 13.5. The Morgan fingerprint density at radius 1 is 1.12 bits per heavy atom. The molecule has 0 aliphatic carbocycles. The number of likely N-dealkylation sites (tertiary alicyclic amines) is 1. The normalized spacial score (nSPS) is 21.5. The van der Waals surface area contributed by atoms with Gasteiger partial charge in [-0.1, -0.05) is 0 Å². The Labute approximate surface area is 186 Å². The monoisotopic (exact) mass is 437 g/mol. The maximum atomic E-state index is 13.5. The number of hydrogen-bond donors (Lipinski definition) is 1. The molecule has 7 nitrogen and oxygen atoms in total. The lowest BCUT2D eigenvalue weighted by molar-refractivity contribution is 0.0605. The molecule has 0 radical (unpaired) electrons. The molecule has 2 aliphatic heterocycles. The summed E-state index contributed by atoms with van der Waals surface area (Å²) in [5, 5.41) is 14.7. The average molecular weight is 438 g/mol. The minimum absolute atomic E-state index is 0.0832. The fraction of sp³-hybridized carbons (Fsp3) is 0.458. The van der Waals surface area contributed by atoms with Gasteiger partial charge in [0, 0.05) is 43.0 Å². The summed E-state index contributed by atoms with van der Waals surface area (Å²) in [5.41, 5.74) is 3.73. The number of anilines is 1. The molecule has 168 valence electrons. The Morgan fingerprint density at radius 3 is 2.72 bits per heavy atom. The number of aryl methyl sites for hydroxylation is 2. The number of rotatable bonds is 3. The Bertz CT molecular complexity index is 1180. The van der Waals surface area contributed by atoms with Crippen LogP contribution in [0.4, 0.5) is 10.2 Å². The summed E-state index contributed by atoms with van der Waals surface area (Å²) in [6.45, 7) is 5.80. The second-order valence-corrected chi connectivity index (χ2v) is 8.98. The molecule has 0 bridgehead atoms. The van der Waals surface area contributed by atoms with Crippen LogP contribution in [-0.4, -0.2) is 56.2 Å². The van der Waals surface area contributed by atoms with Gasteiger partial charge in [0.05, 0.1) is 17.8 Å². The molecule has 2 fully saturated rings. The zero-order valence-corrected chi connectivity index (χ0v) is 18.5. The van der Waals surface area contributed by atoms with Crippen LogP contribution in [0.1, 0.15) is 58.9 Å². The predicted molar refractivity (Wildman–Crippen MR) is 119 cm³/mol. The van der Waals surface area contributed by atoms with Crippen LogP contribution >= 0.6 is 0 Å². The first-order valence-corrected chi connectivity index (χ1v) is 11.3. The van der Waals surface area contributed by atoms with E-state index in [9.17, 15) is 14.3 Å². The molecule has 0 spiro atoms. The smallest absolute Gasteiger partial charge is 0.254 e. The van der Waals surface area contributed by atoms with Crippen LogP contribution in [0.25, 0.3) is 5.65 Å². The van der Waals surface area contributed by atoms with Gasteiger partial charge in [-0.25, -0.2) is 13.9 Å². The van der Waals surface area contributed by atoms with E-state index in [0.717, 1.165) is 55.0 Å². The summed E-state index contributed by atoms with van der Waals surface area (Å²) in [6.07, 6.45) is 5.19. The molecule has 4 heterocycles. The molecule has 5 rings (SSSR count). The third kappa shape index (κ3) is 3.72. The van der Waals surface area contributed by atoms with Gasteiger partial charge in [0.1, 0.15) is 11.6 Å². The molecule has 1 amide bonds. The summed E-state index contributed by atoms with van der Waals surface area (Å²) in [5.74, 6) is 0.455. The number of aromatic nitrogens is 3. The molecule has 1 N–H and O–H groups in total. The lowest BCUT2D eigenvalue weighted by Crippen LogP contribution is -2.39. The van der Waals surface area contributed by atoms with Crippen molar-refractivity contribution >= 4 is 17.4 Å². The van der Waals surface area contributed by atoms with E-state index in [0.29, 0.717) is 24.2 Å².